The summed E-state index contributed by atoms with van der Waals surface area (Å²) in [6, 6.07) is 2.82. The lowest BCUT2D eigenvalue weighted by atomic mass is 10.1. The summed E-state index contributed by atoms with van der Waals surface area (Å²) in [5.74, 6) is -4.16. The Morgan fingerprint density at radius 1 is 1.31 bits per heavy atom. The van der Waals surface area contributed by atoms with Crippen LogP contribution in [-0.2, 0) is 6.54 Å². The third-order valence-electron chi connectivity index (χ3n) is 4.95. The van der Waals surface area contributed by atoms with Crippen LogP contribution >= 0.6 is 0 Å². The van der Waals surface area contributed by atoms with Crippen LogP contribution < -0.4 is 15.8 Å². The maximum atomic E-state index is 13.8. The van der Waals surface area contributed by atoms with Gasteiger partial charge in [-0.2, -0.15) is 0 Å². The van der Waals surface area contributed by atoms with Crippen molar-refractivity contribution in [3.63, 3.8) is 0 Å². The van der Waals surface area contributed by atoms with Gasteiger partial charge < -0.3 is 20.4 Å². The zero-order valence-corrected chi connectivity index (χ0v) is 15.1. The third-order valence-corrected chi connectivity index (χ3v) is 4.95. The Labute approximate surface area is 162 Å². The van der Waals surface area contributed by atoms with Gasteiger partial charge in [-0.3, -0.25) is 19.4 Å². The summed E-state index contributed by atoms with van der Waals surface area (Å²) in [6.45, 7) is -0.270. The molecule has 2 amide bonds. The standard InChI is InChI=1S/C18H16F2N4O5/c1-22-7-23-6-11(25)13-12(15(26)16(27)14(18(22)29)24(13)23)17(28)21-5-8-2-3-9(19)4-10(8)20/h2-4,11,25,27H,5-7H2,1H3,(H,21,28). The molecule has 1 atom stereocenters. The predicted molar refractivity (Wildman–Crippen MR) is 94.9 cm³/mol. The van der Waals surface area contributed by atoms with Crippen LogP contribution in [0.15, 0.2) is 23.0 Å². The average Bonchev–Trinajstić information content (AvgIpc) is 2.97. The molecule has 2 aliphatic heterocycles. The summed E-state index contributed by atoms with van der Waals surface area (Å²) in [4.78, 5) is 39.0. The number of halogens is 2. The van der Waals surface area contributed by atoms with Crippen molar-refractivity contribution in [2.75, 3.05) is 25.3 Å². The fourth-order valence-electron chi connectivity index (χ4n) is 3.59. The fourth-order valence-corrected chi connectivity index (χ4v) is 3.59. The summed E-state index contributed by atoms with van der Waals surface area (Å²) in [7, 11) is 1.47. The summed E-state index contributed by atoms with van der Waals surface area (Å²) < 4.78 is 28.0. The van der Waals surface area contributed by atoms with Crippen LogP contribution in [0.3, 0.4) is 0 Å². The van der Waals surface area contributed by atoms with Crippen molar-refractivity contribution in [2.45, 2.75) is 12.6 Å². The molecule has 29 heavy (non-hydrogen) atoms. The number of aromatic nitrogens is 1. The van der Waals surface area contributed by atoms with Gasteiger partial charge in [-0.1, -0.05) is 6.07 Å². The van der Waals surface area contributed by atoms with E-state index in [1.807, 2.05) is 0 Å². The SMILES string of the molecule is CN1CN2CC(O)c3c(C(=O)NCc4ccc(F)cc4F)c(=O)c(O)c(n32)C1=O. The number of amides is 2. The molecule has 0 aliphatic carbocycles. The largest absolute Gasteiger partial charge is 0.502 e. The van der Waals surface area contributed by atoms with Crippen LogP contribution in [0, 0.1) is 11.6 Å². The molecule has 1 unspecified atom stereocenters. The second-order valence-electron chi connectivity index (χ2n) is 6.87. The first-order valence-corrected chi connectivity index (χ1v) is 8.63. The molecule has 0 saturated heterocycles. The zero-order chi connectivity index (χ0) is 21.0. The molecule has 3 N–H and O–H groups in total. The lowest BCUT2D eigenvalue weighted by Crippen LogP contribution is -2.51. The number of aliphatic hydroxyl groups is 1. The highest BCUT2D eigenvalue weighted by molar-refractivity contribution is 6.00. The van der Waals surface area contributed by atoms with E-state index < -0.39 is 46.3 Å². The number of carbonyl (C=O) groups excluding carboxylic acids is 2. The van der Waals surface area contributed by atoms with Crippen LogP contribution in [0.2, 0.25) is 0 Å². The van der Waals surface area contributed by atoms with E-state index in [1.165, 1.54) is 21.6 Å². The van der Waals surface area contributed by atoms with Gasteiger partial charge in [-0.05, 0) is 6.07 Å². The van der Waals surface area contributed by atoms with Crippen LogP contribution in [-0.4, -0.2) is 51.9 Å². The summed E-state index contributed by atoms with van der Waals surface area (Å²) in [5, 5.41) is 24.6. The lowest BCUT2D eigenvalue weighted by molar-refractivity contribution is 0.0735. The number of nitrogens with zero attached hydrogens (tertiary/aromatic N) is 3. The molecule has 4 rings (SSSR count). The molecule has 3 heterocycles. The number of pyridine rings is 1. The van der Waals surface area contributed by atoms with Crippen molar-refractivity contribution >= 4 is 11.8 Å². The number of hydrogen-bond donors (Lipinski definition) is 3. The Kier molecular flexibility index (Phi) is 4.26. The monoisotopic (exact) mass is 406 g/mol. The van der Waals surface area contributed by atoms with Gasteiger partial charge in [0.05, 0.1) is 12.2 Å². The lowest BCUT2D eigenvalue weighted by Gasteiger charge is -2.35. The van der Waals surface area contributed by atoms with Crippen molar-refractivity contribution < 1.29 is 28.6 Å². The number of aromatic hydroxyl groups is 1. The molecule has 11 heteroatoms. The highest BCUT2D eigenvalue weighted by Gasteiger charge is 2.42. The van der Waals surface area contributed by atoms with Crippen LogP contribution in [0.25, 0.3) is 0 Å². The van der Waals surface area contributed by atoms with Gasteiger partial charge >= 0.3 is 0 Å². The number of benzene rings is 1. The maximum Gasteiger partial charge on any atom is 0.277 e. The molecule has 9 nitrogen and oxygen atoms in total. The van der Waals surface area contributed by atoms with E-state index in [-0.39, 0.29) is 36.7 Å². The Morgan fingerprint density at radius 3 is 2.72 bits per heavy atom. The number of aliphatic hydroxyl groups excluding tert-OH is 1. The fraction of sp³-hybridized carbons (Fsp3) is 0.278. The number of rotatable bonds is 3. The molecule has 0 spiro atoms. The summed E-state index contributed by atoms with van der Waals surface area (Å²) >= 11 is 0. The molecule has 0 saturated carbocycles. The van der Waals surface area contributed by atoms with Gasteiger partial charge in [0, 0.05) is 25.2 Å². The quantitative estimate of drug-likeness (QED) is 0.650. The first-order chi connectivity index (χ1) is 13.7. The molecule has 2 aromatic rings. The minimum atomic E-state index is -1.26. The Bertz CT molecular complexity index is 1120. The normalized spacial score (nSPS) is 17.5. The minimum Gasteiger partial charge on any atom is -0.502 e. The summed E-state index contributed by atoms with van der Waals surface area (Å²) in [5.41, 5.74) is -2.14. The zero-order valence-electron chi connectivity index (χ0n) is 15.1. The van der Waals surface area contributed by atoms with Crippen molar-refractivity contribution in [3.05, 3.63) is 62.6 Å². The maximum absolute atomic E-state index is 13.8. The van der Waals surface area contributed by atoms with E-state index in [9.17, 15) is 33.4 Å². The van der Waals surface area contributed by atoms with Crippen LogP contribution in [0.1, 0.15) is 38.2 Å². The van der Waals surface area contributed by atoms with Crippen molar-refractivity contribution in [3.8, 4) is 5.75 Å². The molecule has 2 aliphatic rings. The van der Waals surface area contributed by atoms with E-state index >= 15 is 0 Å². The van der Waals surface area contributed by atoms with Gasteiger partial charge in [0.25, 0.3) is 11.8 Å². The highest BCUT2D eigenvalue weighted by atomic mass is 19.1. The Hall–Kier alpha value is -3.47. The van der Waals surface area contributed by atoms with E-state index in [4.69, 9.17) is 0 Å². The van der Waals surface area contributed by atoms with Gasteiger partial charge in [-0.25, -0.2) is 13.5 Å². The van der Waals surface area contributed by atoms with Crippen LogP contribution in [0.4, 0.5) is 8.78 Å². The molecule has 1 aromatic heterocycles. The minimum absolute atomic E-state index is 0.000381. The summed E-state index contributed by atoms with van der Waals surface area (Å²) in [6.07, 6.45) is -1.26. The van der Waals surface area contributed by atoms with E-state index in [2.05, 4.69) is 5.32 Å². The van der Waals surface area contributed by atoms with Crippen molar-refractivity contribution in [2.24, 2.45) is 0 Å². The predicted octanol–water partition coefficient (Wildman–Crippen LogP) is -0.210. The van der Waals surface area contributed by atoms with Crippen molar-refractivity contribution in [1.82, 2.24) is 14.9 Å². The molecule has 0 radical (unpaired) electrons. The number of nitrogens with one attached hydrogen (secondary N) is 1. The number of carbonyl (C=O) groups is 2. The van der Waals surface area contributed by atoms with Crippen molar-refractivity contribution in [1.29, 1.82) is 0 Å². The topological polar surface area (TPSA) is 115 Å². The Morgan fingerprint density at radius 2 is 2.03 bits per heavy atom. The molecular formula is C18H16F2N4O5. The molecule has 1 aromatic carbocycles. The van der Waals surface area contributed by atoms with Gasteiger partial charge in [-0.15, -0.1) is 0 Å². The molecule has 0 fully saturated rings. The molecule has 0 bridgehead atoms. The highest BCUT2D eigenvalue weighted by Crippen LogP contribution is 2.32. The average molecular weight is 406 g/mol. The first kappa shape index (κ1) is 18.9. The van der Waals surface area contributed by atoms with Gasteiger partial charge in [0.2, 0.25) is 5.43 Å². The van der Waals surface area contributed by atoms with E-state index in [1.54, 1.807) is 0 Å². The second-order valence-corrected chi connectivity index (χ2v) is 6.87. The molecular weight excluding hydrogens is 390 g/mol. The Balaban J connectivity index is 1.75. The van der Waals surface area contributed by atoms with E-state index in [0.29, 0.717) is 6.07 Å². The van der Waals surface area contributed by atoms with Gasteiger partial charge in [0.1, 0.15) is 30.0 Å². The third kappa shape index (κ3) is 2.81. The van der Waals surface area contributed by atoms with Gasteiger partial charge in [0.15, 0.2) is 11.4 Å². The smallest absolute Gasteiger partial charge is 0.277 e. The number of hydrogen-bond acceptors (Lipinski definition) is 6. The second kappa shape index (κ2) is 6.55. The molecule has 152 valence electrons. The van der Waals surface area contributed by atoms with E-state index in [0.717, 1.165) is 12.1 Å². The van der Waals surface area contributed by atoms with Crippen LogP contribution in [0.5, 0.6) is 5.75 Å². The first-order valence-electron chi connectivity index (χ1n) is 8.63.